The van der Waals surface area contributed by atoms with E-state index in [4.69, 9.17) is 0 Å². The maximum atomic E-state index is 12.1. The van der Waals surface area contributed by atoms with Gasteiger partial charge in [-0.3, -0.25) is 13.9 Å². The van der Waals surface area contributed by atoms with Crippen molar-refractivity contribution in [3.63, 3.8) is 0 Å². The van der Waals surface area contributed by atoms with E-state index in [0.717, 1.165) is 24.2 Å². The van der Waals surface area contributed by atoms with Gasteiger partial charge in [0, 0.05) is 40.3 Å². The number of hydrogen-bond acceptors (Lipinski definition) is 8. The number of hydrogen-bond donors (Lipinski definition) is 2. The van der Waals surface area contributed by atoms with Crippen LogP contribution in [0.3, 0.4) is 0 Å². The quantitative estimate of drug-likeness (QED) is 0.563. The molecule has 0 saturated heterocycles. The highest BCUT2D eigenvalue weighted by Gasteiger charge is 2.12. The molecule has 10 heteroatoms. The van der Waals surface area contributed by atoms with Gasteiger partial charge in [0.05, 0.1) is 0 Å². The number of aryl methyl sites for hydroxylation is 1. The Morgan fingerprint density at radius 1 is 1.04 bits per heavy atom. The molecule has 2 aromatic rings. The zero-order valence-corrected chi connectivity index (χ0v) is 13.8. The van der Waals surface area contributed by atoms with E-state index in [-0.39, 0.29) is 17.1 Å². The Bertz CT molecular complexity index is 795. The molecule has 0 aliphatic carbocycles. The van der Waals surface area contributed by atoms with E-state index in [0.29, 0.717) is 6.54 Å². The molecule has 0 bridgehead atoms. The molecule has 0 radical (unpaired) electrons. The molecule has 2 aromatic heterocycles. The van der Waals surface area contributed by atoms with Crippen LogP contribution in [0.1, 0.15) is 0 Å². The van der Waals surface area contributed by atoms with Crippen molar-refractivity contribution in [2.75, 3.05) is 45.6 Å². The van der Waals surface area contributed by atoms with E-state index >= 15 is 0 Å². The molecule has 0 spiro atoms. The number of nitrogens with one attached hydrogen (secondary N) is 2. The Kier molecular flexibility index (Phi) is 5.40. The Labute approximate surface area is 133 Å². The molecule has 0 fully saturated rings. The third-order valence-corrected chi connectivity index (χ3v) is 3.39. The zero-order chi connectivity index (χ0) is 17.0. The molecule has 0 aromatic carbocycles. The van der Waals surface area contributed by atoms with Gasteiger partial charge in [0.1, 0.15) is 0 Å². The SMILES string of the molecule is CN(C)CCNCCNc1nnc2c(n1)c(=O)n(C)c(=O)n2C. The van der Waals surface area contributed by atoms with Gasteiger partial charge in [-0.15, -0.1) is 10.2 Å². The van der Waals surface area contributed by atoms with Gasteiger partial charge in [0.25, 0.3) is 5.56 Å². The van der Waals surface area contributed by atoms with Crippen molar-refractivity contribution in [2.45, 2.75) is 0 Å². The fourth-order valence-corrected chi connectivity index (χ4v) is 2.02. The molecule has 2 rings (SSSR count). The summed E-state index contributed by atoms with van der Waals surface area (Å²) in [5.41, 5.74) is -0.644. The summed E-state index contributed by atoms with van der Waals surface area (Å²) in [5, 5.41) is 14.1. The van der Waals surface area contributed by atoms with Crippen molar-refractivity contribution in [1.29, 1.82) is 0 Å². The first-order chi connectivity index (χ1) is 10.9. The summed E-state index contributed by atoms with van der Waals surface area (Å²) in [6.07, 6.45) is 0. The second-order valence-corrected chi connectivity index (χ2v) is 5.49. The van der Waals surface area contributed by atoms with Crippen molar-refractivity contribution in [3.8, 4) is 0 Å². The van der Waals surface area contributed by atoms with Crippen molar-refractivity contribution in [2.24, 2.45) is 14.1 Å². The first-order valence-corrected chi connectivity index (χ1v) is 7.31. The molecule has 2 heterocycles. The van der Waals surface area contributed by atoms with Crippen LogP contribution in [0.4, 0.5) is 5.95 Å². The number of nitrogens with zero attached hydrogens (tertiary/aromatic N) is 6. The molecular formula is C13H22N8O2. The van der Waals surface area contributed by atoms with Crippen LogP contribution in [0.15, 0.2) is 9.59 Å². The van der Waals surface area contributed by atoms with E-state index in [1.807, 2.05) is 14.1 Å². The normalized spacial score (nSPS) is 11.3. The average Bonchev–Trinajstić information content (AvgIpc) is 2.53. The lowest BCUT2D eigenvalue weighted by Crippen LogP contribution is -2.38. The van der Waals surface area contributed by atoms with Crippen molar-refractivity contribution < 1.29 is 0 Å². The number of likely N-dealkylation sites (N-methyl/N-ethyl adjacent to an activating group) is 1. The summed E-state index contributed by atoms with van der Waals surface area (Å²) in [6.45, 7) is 3.18. The Hall–Kier alpha value is -2.33. The van der Waals surface area contributed by atoms with Crippen LogP contribution in [0, 0.1) is 0 Å². The van der Waals surface area contributed by atoms with E-state index in [9.17, 15) is 9.59 Å². The van der Waals surface area contributed by atoms with Gasteiger partial charge in [0.2, 0.25) is 5.95 Å². The Balaban J connectivity index is 2.06. The summed E-state index contributed by atoms with van der Waals surface area (Å²) in [5.74, 6) is 0.266. The highest BCUT2D eigenvalue weighted by Crippen LogP contribution is 2.02. The van der Waals surface area contributed by atoms with Crippen LogP contribution in [-0.2, 0) is 14.1 Å². The van der Waals surface area contributed by atoms with Gasteiger partial charge in [-0.1, -0.05) is 0 Å². The number of aromatic nitrogens is 5. The number of rotatable bonds is 7. The van der Waals surface area contributed by atoms with Crippen molar-refractivity contribution in [1.82, 2.24) is 34.5 Å². The molecule has 0 atom stereocenters. The topological polar surface area (TPSA) is 110 Å². The van der Waals surface area contributed by atoms with Crippen LogP contribution in [0.5, 0.6) is 0 Å². The average molecular weight is 322 g/mol. The fraction of sp³-hybridized carbons (Fsp3) is 0.615. The third-order valence-electron chi connectivity index (χ3n) is 3.39. The molecule has 2 N–H and O–H groups in total. The molecule has 0 aliphatic rings. The monoisotopic (exact) mass is 322 g/mol. The minimum atomic E-state index is -0.481. The highest BCUT2D eigenvalue weighted by molar-refractivity contribution is 5.69. The molecule has 0 amide bonds. The molecule has 23 heavy (non-hydrogen) atoms. The second kappa shape index (κ2) is 7.29. The summed E-state index contributed by atoms with van der Waals surface area (Å²) < 4.78 is 2.26. The lowest BCUT2D eigenvalue weighted by molar-refractivity contribution is 0.402. The minimum Gasteiger partial charge on any atom is -0.352 e. The van der Waals surface area contributed by atoms with E-state index < -0.39 is 11.2 Å². The molecule has 126 valence electrons. The van der Waals surface area contributed by atoms with E-state index in [1.165, 1.54) is 18.7 Å². The van der Waals surface area contributed by atoms with Gasteiger partial charge in [-0.05, 0) is 14.1 Å². The molecule has 0 saturated carbocycles. The smallest absolute Gasteiger partial charge is 0.332 e. The number of fused-ring (bicyclic) bond motifs is 1. The van der Waals surface area contributed by atoms with Crippen LogP contribution >= 0.6 is 0 Å². The standard InChI is InChI=1S/C13H22N8O2/c1-19(2)8-7-14-5-6-15-12-16-9-10(17-18-12)20(3)13(23)21(4)11(9)22/h14H,5-8H2,1-4H3,(H,15,16,18). The van der Waals surface area contributed by atoms with Gasteiger partial charge in [0.15, 0.2) is 11.2 Å². The first-order valence-electron chi connectivity index (χ1n) is 7.31. The van der Waals surface area contributed by atoms with Crippen molar-refractivity contribution in [3.05, 3.63) is 20.8 Å². The van der Waals surface area contributed by atoms with Gasteiger partial charge in [-0.25, -0.2) is 9.78 Å². The summed E-state index contributed by atoms with van der Waals surface area (Å²) >= 11 is 0. The Morgan fingerprint density at radius 3 is 2.48 bits per heavy atom. The maximum Gasteiger partial charge on any atom is 0.332 e. The second-order valence-electron chi connectivity index (χ2n) is 5.49. The zero-order valence-electron chi connectivity index (χ0n) is 13.8. The largest absolute Gasteiger partial charge is 0.352 e. The van der Waals surface area contributed by atoms with Crippen LogP contribution in [0.25, 0.3) is 11.2 Å². The molecular weight excluding hydrogens is 300 g/mol. The summed E-state index contributed by atoms with van der Waals surface area (Å²) in [6, 6.07) is 0. The third kappa shape index (κ3) is 3.90. The predicted octanol–water partition coefficient (Wildman–Crippen LogP) is -2.01. The number of anilines is 1. The summed E-state index contributed by atoms with van der Waals surface area (Å²) in [7, 11) is 6.97. The van der Waals surface area contributed by atoms with Gasteiger partial charge < -0.3 is 15.5 Å². The van der Waals surface area contributed by atoms with Gasteiger partial charge >= 0.3 is 5.69 Å². The highest BCUT2D eigenvalue weighted by atomic mass is 16.2. The van der Waals surface area contributed by atoms with Gasteiger partial charge in [-0.2, -0.15) is 0 Å². The van der Waals surface area contributed by atoms with E-state index in [2.05, 4.69) is 30.7 Å². The Morgan fingerprint density at radius 2 is 1.78 bits per heavy atom. The van der Waals surface area contributed by atoms with Crippen LogP contribution in [0.2, 0.25) is 0 Å². The molecule has 0 unspecified atom stereocenters. The maximum absolute atomic E-state index is 12.1. The fourth-order valence-electron chi connectivity index (χ4n) is 2.02. The lowest BCUT2D eigenvalue weighted by Gasteiger charge is -2.11. The van der Waals surface area contributed by atoms with Crippen molar-refractivity contribution >= 4 is 17.1 Å². The summed E-state index contributed by atoms with van der Waals surface area (Å²) in [4.78, 5) is 30.2. The lowest BCUT2D eigenvalue weighted by atomic mass is 10.5. The first kappa shape index (κ1) is 17.0. The van der Waals surface area contributed by atoms with E-state index in [1.54, 1.807) is 0 Å². The minimum absolute atomic E-state index is 0.118. The molecule has 0 aliphatic heterocycles. The van der Waals surface area contributed by atoms with Crippen LogP contribution in [-0.4, -0.2) is 69.5 Å². The predicted molar refractivity (Wildman–Crippen MR) is 87.7 cm³/mol. The molecule has 10 nitrogen and oxygen atoms in total. The van der Waals surface area contributed by atoms with Crippen LogP contribution < -0.4 is 21.9 Å².